The number of hydrogen-bond donors (Lipinski definition) is 1. The molecule has 0 fully saturated rings. The summed E-state index contributed by atoms with van der Waals surface area (Å²) in [5, 5.41) is 8.99. The minimum absolute atomic E-state index is 0.513. The van der Waals surface area contributed by atoms with Gasteiger partial charge in [0.2, 0.25) is 0 Å². The number of para-hydroxylation sites is 1. The largest absolute Gasteiger partial charge is 0.381 e. The van der Waals surface area contributed by atoms with Crippen LogP contribution in [0.15, 0.2) is 24.3 Å². The number of nitrogens with two attached hydrogens (primary N) is 1. The molecule has 0 saturated heterocycles. The number of nitrogens with zero attached hydrogens (tertiary/aromatic N) is 4. The summed E-state index contributed by atoms with van der Waals surface area (Å²) in [5.74, 6) is 0.513. The SMILES string of the molecule is CCc1c(N)nnn1Cc1nc2ccccc2s1. The first kappa shape index (κ1) is 11.2. The summed E-state index contributed by atoms with van der Waals surface area (Å²) in [5.41, 5.74) is 7.77. The highest BCUT2D eigenvalue weighted by atomic mass is 32.1. The topological polar surface area (TPSA) is 69.6 Å². The number of thiazole rings is 1. The van der Waals surface area contributed by atoms with Crippen molar-refractivity contribution < 1.29 is 0 Å². The van der Waals surface area contributed by atoms with Crippen LogP contribution in [-0.4, -0.2) is 20.0 Å². The van der Waals surface area contributed by atoms with Crippen molar-refractivity contribution >= 4 is 27.4 Å². The molecule has 0 aliphatic rings. The van der Waals surface area contributed by atoms with Gasteiger partial charge in [-0.05, 0) is 18.6 Å². The Labute approximate surface area is 108 Å². The van der Waals surface area contributed by atoms with Crippen molar-refractivity contribution in [3.63, 3.8) is 0 Å². The number of aromatic nitrogens is 4. The van der Waals surface area contributed by atoms with E-state index in [1.807, 2.05) is 29.8 Å². The van der Waals surface area contributed by atoms with Gasteiger partial charge >= 0.3 is 0 Å². The van der Waals surface area contributed by atoms with Gasteiger partial charge in [-0.1, -0.05) is 24.3 Å². The maximum atomic E-state index is 5.77. The molecule has 0 aliphatic heterocycles. The van der Waals surface area contributed by atoms with Crippen LogP contribution in [0.2, 0.25) is 0 Å². The number of benzene rings is 1. The minimum atomic E-state index is 0.513. The third kappa shape index (κ3) is 1.84. The summed E-state index contributed by atoms with van der Waals surface area (Å²) < 4.78 is 3.02. The Hall–Kier alpha value is -1.95. The second-order valence-corrected chi connectivity index (χ2v) is 5.12. The molecule has 0 aliphatic carbocycles. The highest BCUT2D eigenvalue weighted by molar-refractivity contribution is 7.18. The Morgan fingerprint density at radius 1 is 1.33 bits per heavy atom. The first-order valence-corrected chi connectivity index (χ1v) is 6.62. The molecule has 0 spiro atoms. The molecule has 3 aromatic rings. The van der Waals surface area contributed by atoms with E-state index in [2.05, 4.69) is 21.4 Å². The van der Waals surface area contributed by atoms with Gasteiger partial charge in [0.1, 0.15) is 5.01 Å². The van der Waals surface area contributed by atoms with Gasteiger partial charge in [0.25, 0.3) is 0 Å². The van der Waals surface area contributed by atoms with E-state index in [1.54, 1.807) is 11.3 Å². The standard InChI is InChI=1S/C12H13N5S/c1-2-9-12(13)15-16-17(9)7-11-14-8-5-3-4-6-10(8)18-11/h3-6H,2,7,13H2,1H3. The molecule has 3 rings (SSSR count). The predicted molar refractivity (Wildman–Crippen MR) is 72.5 cm³/mol. The number of anilines is 1. The summed E-state index contributed by atoms with van der Waals surface area (Å²) in [6, 6.07) is 8.12. The maximum absolute atomic E-state index is 5.77. The second-order valence-electron chi connectivity index (χ2n) is 4.01. The van der Waals surface area contributed by atoms with E-state index in [4.69, 9.17) is 5.73 Å². The van der Waals surface area contributed by atoms with Crippen molar-refractivity contribution in [1.82, 2.24) is 20.0 Å². The Balaban J connectivity index is 1.96. The third-order valence-electron chi connectivity index (χ3n) is 2.83. The Morgan fingerprint density at radius 2 is 2.17 bits per heavy atom. The first-order valence-electron chi connectivity index (χ1n) is 5.80. The quantitative estimate of drug-likeness (QED) is 0.781. The number of rotatable bonds is 3. The van der Waals surface area contributed by atoms with Crippen molar-refractivity contribution in [2.75, 3.05) is 5.73 Å². The van der Waals surface area contributed by atoms with Gasteiger partial charge < -0.3 is 5.73 Å². The lowest BCUT2D eigenvalue weighted by Gasteiger charge is -2.01. The van der Waals surface area contributed by atoms with Gasteiger partial charge in [-0.2, -0.15) is 0 Å². The second kappa shape index (κ2) is 4.38. The number of nitrogen functional groups attached to an aromatic ring is 1. The molecule has 6 heteroatoms. The lowest BCUT2D eigenvalue weighted by atomic mass is 10.3. The lowest BCUT2D eigenvalue weighted by Crippen LogP contribution is -2.06. The van der Waals surface area contributed by atoms with Crippen LogP contribution in [0.5, 0.6) is 0 Å². The average molecular weight is 259 g/mol. The van der Waals surface area contributed by atoms with Crippen LogP contribution in [0.1, 0.15) is 17.6 Å². The molecule has 0 bridgehead atoms. The molecule has 5 nitrogen and oxygen atoms in total. The smallest absolute Gasteiger partial charge is 0.169 e. The molecule has 0 atom stereocenters. The fourth-order valence-corrected chi connectivity index (χ4v) is 2.90. The van der Waals surface area contributed by atoms with Crippen molar-refractivity contribution in [2.24, 2.45) is 0 Å². The zero-order valence-electron chi connectivity index (χ0n) is 10.00. The molecular formula is C12H13N5S. The van der Waals surface area contributed by atoms with Crippen LogP contribution >= 0.6 is 11.3 Å². The third-order valence-corrected chi connectivity index (χ3v) is 3.85. The van der Waals surface area contributed by atoms with Gasteiger partial charge in [-0.25, -0.2) is 9.67 Å². The van der Waals surface area contributed by atoms with Crippen LogP contribution in [0.25, 0.3) is 10.2 Å². The van der Waals surface area contributed by atoms with E-state index in [-0.39, 0.29) is 0 Å². The van der Waals surface area contributed by atoms with Crippen molar-refractivity contribution in [3.8, 4) is 0 Å². The fraction of sp³-hybridized carbons (Fsp3) is 0.250. The molecule has 0 amide bonds. The summed E-state index contributed by atoms with van der Waals surface area (Å²) in [6.07, 6.45) is 0.823. The normalized spacial score (nSPS) is 11.2. The Bertz CT molecular complexity index is 652. The summed E-state index contributed by atoms with van der Waals surface area (Å²) in [7, 11) is 0. The number of fused-ring (bicyclic) bond motifs is 1. The van der Waals surface area contributed by atoms with Gasteiger partial charge in [-0.15, -0.1) is 16.4 Å². The molecule has 0 saturated carbocycles. The molecular weight excluding hydrogens is 246 g/mol. The van der Waals surface area contributed by atoms with E-state index in [0.717, 1.165) is 22.6 Å². The zero-order chi connectivity index (χ0) is 12.5. The molecule has 1 aromatic carbocycles. The van der Waals surface area contributed by atoms with E-state index in [1.165, 1.54) is 4.70 Å². The summed E-state index contributed by atoms with van der Waals surface area (Å²) in [6.45, 7) is 2.68. The van der Waals surface area contributed by atoms with Crippen LogP contribution < -0.4 is 5.73 Å². The van der Waals surface area contributed by atoms with Crippen LogP contribution in [0.3, 0.4) is 0 Å². The van der Waals surface area contributed by atoms with E-state index >= 15 is 0 Å². The van der Waals surface area contributed by atoms with E-state index < -0.39 is 0 Å². The molecule has 0 radical (unpaired) electrons. The van der Waals surface area contributed by atoms with Gasteiger partial charge in [0.05, 0.1) is 22.5 Å². The maximum Gasteiger partial charge on any atom is 0.169 e. The average Bonchev–Trinajstić information content (AvgIpc) is 2.93. The summed E-state index contributed by atoms with van der Waals surface area (Å²) in [4.78, 5) is 4.58. The molecule has 2 heterocycles. The van der Waals surface area contributed by atoms with Crippen LogP contribution in [0, 0.1) is 0 Å². The van der Waals surface area contributed by atoms with E-state index in [9.17, 15) is 0 Å². The Morgan fingerprint density at radius 3 is 2.94 bits per heavy atom. The monoisotopic (exact) mass is 259 g/mol. The molecule has 2 aromatic heterocycles. The van der Waals surface area contributed by atoms with Crippen LogP contribution in [0.4, 0.5) is 5.82 Å². The number of hydrogen-bond acceptors (Lipinski definition) is 5. The zero-order valence-corrected chi connectivity index (χ0v) is 10.8. The Kier molecular flexibility index (Phi) is 2.71. The first-order chi connectivity index (χ1) is 8.78. The van der Waals surface area contributed by atoms with Crippen molar-refractivity contribution in [3.05, 3.63) is 35.0 Å². The minimum Gasteiger partial charge on any atom is -0.381 e. The fourth-order valence-electron chi connectivity index (χ4n) is 1.95. The van der Waals surface area contributed by atoms with Crippen molar-refractivity contribution in [1.29, 1.82) is 0 Å². The predicted octanol–water partition coefficient (Wildman–Crippen LogP) is 2.08. The highest BCUT2D eigenvalue weighted by Crippen LogP contribution is 2.22. The summed E-state index contributed by atoms with van der Waals surface area (Å²) >= 11 is 1.68. The van der Waals surface area contributed by atoms with Gasteiger partial charge in [0, 0.05) is 0 Å². The molecule has 2 N–H and O–H groups in total. The highest BCUT2D eigenvalue weighted by Gasteiger charge is 2.10. The van der Waals surface area contributed by atoms with E-state index in [0.29, 0.717) is 12.4 Å². The lowest BCUT2D eigenvalue weighted by molar-refractivity contribution is 0.620. The van der Waals surface area contributed by atoms with Crippen molar-refractivity contribution in [2.45, 2.75) is 19.9 Å². The van der Waals surface area contributed by atoms with Gasteiger partial charge in [0.15, 0.2) is 5.82 Å². The molecule has 18 heavy (non-hydrogen) atoms. The van der Waals surface area contributed by atoms with Gasteiger partial charge in [-0.3, -0.25) is 0 Å². The molecule has 0 unspecified atom stereocenters. The van der Waals surface area contributed by atoms with Crippen LogP contribution in [-0.2, 0) is 13.0 Å². The molecule has 92 valence electrons.